The summed E-state index contributed by atoms with van der Waals surface area (Å²) < 4.78 is 4.69. The highest BCUT2D eigenvalue weighted by Gasteiger charge is 2.13. The first-order valence-corrected chi connectivity index (χ1v) is 5.04. The maximum Gasteiger partial charge on any atom is 0.340 e. The third-order valence-electron chi connectivity index (χ3n) is 2.38. The third kappa shape index (κ3) is 2.25. The van der Waals surface area contributed by atoms with Crippen molar-refractivity contribution in [3.63, 3.8) is 0 Å². The Hall–Kier alpha value is -2.36. The molecule has 1 heterocycles. The van der Waals surface area contributed by atoms with Gasteiger partial charge >= 0.3 is 5.97 Å². The van der Waals surface area contributed by atoms with Crippen molar-refractivity contribution in [1.29, 1.82) is 0 Å². The smallest absolute Gasteiger partial charge is 0.340 e. The number of phenolic OH excluding ortho intramolecular Hbond substituents is 1. The van der Waals surface area contributed by atoms with Gasteiger partial charge in [-0.25, -0.2) is 4.79 Å². The lowest BCUT2D eigenvalue weighted by Gasteiger charge is -2.07. The van der Waals surface area contributed by atoms with Gasteiger partial charge in [-0.15, -0.1) is 0 Å². The molecule has 17 heavy (non-hydrogen) atoms. The SMILES string of the molecule is COC(=O)c1cnccc1-c1cccc(O)c1. The van der Waals surface area contributed by atoms with E-state index in [-0.39, 0.29) is 5.75 Å². The van der Waals surface area contributed by atoms with E-state index in [1.165, 1.54) is 13.3 Å². The molecule has 1 aromatic carbocycles. The molecular weight excluding hydrogens is 218 g/mol. The number of nitrogens with zero attached hydrogens (tertiary/aromatic N) is 1. The van der Waals surface area contributed by atoms with E-state index in [0.717, 1.165) is 5.56 Å². The molecule has 0 saturated carbocycles. The van der Waals surface area contributed by atoms with Gasteiger partial charge in [-0.2, -0.15) is 0 Å². The summed E-state index contributed by atoms with van der Waals surface area (Å²) in [6.45, 7) is 0. The number of carbonyl (C=O) groups is 1. The van der Waals surface area contributed by atoms with Gasteiger partial charge in [0.1, 0.15) is 5.75 Å². The number of hydrogen-bond acceptors (Lipinski definition) is 4. The summed E-state index contributed by atoms with van der Waals surface area (Å²) in [6, 6.07) is 8.39. The van der Waals surface area contributed by atoms with E-state index in [0.29, 0.717) is 11.1 Å². The second kappa shape index (κ2) is 4.65. The van der Waals surface area contributed by atoms with Gasteiger partial charge in [0.2, 0.25) is 0 Å². The number of aromatic hydroxyl groups is 1. The minimum atomic E-state index is -0.448. The third-order valence-corrected chi connectivity index (χ3v) is 2.38. The Labute approximate surface area is 98.5 Å². The van der Waals surface area contributed by atoms with Crippen LogP contribution in [0.1, 0.15) is 10.4 Å². The Morgan fingerprint density at radius 1 is 1.35 bits per heavy atom. The summed E-state index contributed by atoms with van der Waals surface area (Å²) in [6.07, 6.45) is 3.04. The summed E-state index contributed by atoms with van der Waals surface area (Å²) in [5.74, 6) is -0.299. The number of hydrogen-bond donors (Lipinski definition) is 1. The zero-order chi connectivity index (χ0) is 12.3. The van der Waals surface area contributed by atoms with Crippen LogP contribution >= 0.6 is 0 Å². The molecule has 0 amide bonds. The van der Waals surface area contributed by atoms with Crippen LogP contribution in [0.5, 0.6) is 5.75 Å². The highest BCUT2D eigenvalue weighted by atomic mass is 16.5. The molecule has 0 atom stereocenters. The summed E-state index contributed by atoms with van der Waals surface area (Å²) >= 11 is 0. The summed E-state index contributed by atoms with van der Waals surface area (Å²) in [7, 11) is 1.32. The highest BCUT2D eigenvalue weighted by molar-refractivity contribution is 5.96. The van der Waals surface area contributed by atoms with Gasteiger partial charge in [-0.1, -0.05) is 12.1 Å². The number of esters is 1. The summed E-state index contributed by atoms with van der Waals surface area (Å²) in [4.78, 5) is 15.5. The number of pyridine rings is 1. The van der Waals surface area contributed by atoms with E-state index in [4.69, 9.17) is 0 Å². The fourth-order valence-corrected chi connectivity index (χ4v) is 1.59. The normalized spacial score (nSPS) is 9.94. The number of benzene rings is 1. The van der Waals surface area contributed by atoms with Crippen LogP contribution in [-0.2, 0) is 4.74 Å². The molecule has 0 radical (unpaired) electrons. The van der Waals surface area contributed by atoms with E-state index < -0.39 is 5.97 Å². The average molecular weight is 229 g/mol. The molecule has 0 saturated heterocycles. The van der Waals surface area contributed by atoms with Crippen molar-refractivity contribution in [2.75, 3.05) is 7.11 Å². The molecule has 0 aliphatic heterocycles. The van der Waals surface area contributed by atoms with E-state index in [2.05, 4.69) is 9.72 Å². The minimum absolute atomic E-state index is 0.148. The van der Waals surface area contributed by atoms with Gasteiger partial charge in [0.25, 0.3) is 0 Å². The monoisotopic (exact) mass is 229 g/mol. The van der Waals surface area contributed by atoms with E-state index >= 15 is 0 Å². The van der Waals surface area contributed by atoms with Crippen molar-refractivity contribution >= 4 is 5.97 Å². The first kappa shape index (κ1) is 11.1. The van der Waals surface area contributed by atoms with Gasteiger partial charge in [0.15, 0.2) is 0 Å². The Morgan fingerprint density at radius 3 is 2.88 bits per heavy atom. The predicted octanol–water partition coefficient (Wildman–Crippen LogP) is 2.24. The second-order valence-corrected chi connectivity index (χ2v) is 3.46. The Kier molecular flexibility index (Phi) is 3.05. The predicted molar refractivity (Wildman–Crippen MR) is 62.7 cm³/mol. The van der Waals surface area contributed by atoms with Crippen LogP contribution in [0.3, 0.4) is 0 Å². The number of aromatic nitrogens is 1. The van der Waals surface area contributed by atoms with E-state index in [1.807, 2.05) is 6.07 Å². The number of ether oxygens (including phenoxy) is 1. The van der Waals surface area contributed by atoms with Crippen molar-refractivity contribution in [3.05, 3.63) is 48.3 Å². The molecule has 4 nitrogen and oxygen atoms in total. The molecule has 1 N–H and O–H groups in total. The maximum atomic E-state index is 11.6. The van der Waals surface area contributed by atoms with Crippen LogP contribution in [0, 0.1) is 0 Å². The van der Waals surface area contributed by atoms with Gasteiger partial charge in [0, 0.05) is 12.4 Å². The molecule has 0 unspecified atom stereocenters. The van der Waals surface area contributed by atoms with Crippen molar-refractivity contribution < 1.29 is 14.6 Å². The number of rotatable bonds is 2. The van der Waals surface area contributed by atoms with Gasteiger partial charge in [-0.05, 0) is 29.3 Å². The quantitative estimate of drug-likeness (QED) is 0.802. The van der Waals surface area contributed by atoms with Crippen LogP contribution < -0.4 is 0 Å². The van der Waals surface area contributed by atoms with E-state index in [1.54, 1.807) is 30.5 Å². The molecule has 2 rings (SSSR count). The maximum absolute atomic E-state index is 11.6. The zero-order valence-corrected chi connectivity index (χ0v) is 9.25. The molecule has 0 bridgehead atoms. The zero-order valence-electron chi connectivity index (χ0n) is 9.25. The fraction of sp³-hybridized carbons (Fsp3) is 0.0769. The van der Waals surface area contributed by atoms with Crippen LogP contribution in [-0.4, -0.2) is 23.2 Å². The molecule has 0 spiro atoms. The minimum Gasteiger partial charge on any atom is -0.508 e. The van der Waals surface area contributed by atoms with E-state index in [9.17, 15) is 9.90 Å². The Bertz CT molecular complexity index is 552. The first-order chi connectivity index (χ1) is 8.22. The molecule has 2 aromatic rings. The Morgan fingerprint density at radius 2 is 2.18 bits per heavy atom. The molecule has 86 valence electrons. The number of methoxy groups -OCH3 is 1. The van der Waals surface area contributed by atoms with Crippen molar-refractivity contribution in [2.24, 2.45) is 0 Å². The number of carbonyl (C=O) groups excluding carboxylic acids is 1. The lowest BCUT2D eigenvalue weighted by molar-refractivity contribution is 0.0601. The largest absolute Gasteiger partial charge is 0.508 e. The summed E-state index contributed by atoms with van der Waals surface area (Å²) in [5, 5.41) is 9.43. The molecular formula is C13H11NO3. The average Bonchev–Trinajstić information content (AvgIpc) is 2.38. The van der Waals surface area contributed by atoms with Crippen LogP contribution in [0.15, 0.2) is 42.7 Å². The molecule has 1 aromatic heterocycles. The van der Waals surface area contributed by atoms with Crippen molar-refractivity contribution in [2.45, 2.75) is 0 Å². The second-order valence-electron chi connectivity index (χ2n) is 3.46. The van der Waals surface area contributed by atoms with Crippen LogP contribution in [0.4, 0.5) is 0 Å². The standard InChI is InChI=1S/C13H11NO3/c1-17-13(16)12-8-14-6-5-11(12)9-3-2-4-10(15)7-9/h2-8,15H,1H3. The highest BCUT2D eigenvalue weighted by Crippen LogP contribution is 2.26. The van der Waals surface area contributed by atoms with Gasteiger partial charge in [-0.3, -0.25) is 4.98 Å². The van der Waals surface area contributed by atoms with Crippen molar-refractivity contribution in [1.82, 2.24) is 4.98 Å². The van der Waals surface area contributed by atoms with Crippen LogP contribution in [0.2, 0.25) is 0 Å². The van der Waals surface area contributed by atoms with Crippen molar-refractivity contribution in [3.8, 4) is 16.9 Å². The Balaban J connectivity index is 2.55. The molecule has 0 fully saturated rings. The van der Waals surface area contributed by atoms with Crippen LogP contribution in [0.25, 0.3) is 11.1 Å². The molecule has 4 heteroatoms. The lowest BCUT2D eigenvalue weighted by Crippen LogP contribution is -2.04. The summed E-state index contributed by atoms with van der Waals surface area (Å²) in [5.41, 5.74) is 1.80. The molecule has 0 aliphatic rings. The van der Waals surface area contributed by atoms with Gasteiger partial charge < -0.3 is 9.84 Å². The topological polar surface area (TPSA) is 59.4 Å². The molecule has 0 aliphatic carbocycles. The van der Waals surface area contributed by atoms with Gasteiger partial charge in [0.05, 0.1) is 12.7 Å². The fourth-order valence-electron chi connectivity index (χ4n) is 1.59. The lowest BCUT2D eigenvalue weighted by atomic mass is 10.0. The first-order valence-electron chi connectivity index (χ1n) is 5.04. The number of phenols is 1.